The van der Waals surface area contributed by atoms with Crippen LogP contribution in [-0.2, 0) is 16.0 Å². The number of amides is 1. The molecule has 0 spiro atoms. The van der Waals surface area contributed by atoms with Gasteiger partial charge in [0.2, 0.25) is 5.91 Å². The molecule has 0 aromatic heterocycles. The molecule has 1 atom stereocenters. The third-order valence-corrected chi connectivity index (χ3v) is 2.74. The predicted molar refractivity (Wildman–Crippen MR) is 71.2 cm³/mol. The first-order valence-corrected chi connectivity index (χ1v) is 6.16. The van der Waals surface area contributed by atoms with Gasteiger partial charge in [-0.1, -0.05) is 18.2 Å². The Morgan fingerprint density at radius 3 is 2.68 bits per heavy atom. The first-order valence-electron chi connectivity index (χ1n) is 6.16. The van der Waals surface area contributed by atoms with Crippen molar-refractivity contribution in [1.82, 2.24) is 5.32 Å². The molecule has 0 aliphatic carbocycles. The highest BCUT2D eigenvalue weighted by atomic mass is 16.5. The van der Waals surface area contributed by atoms with Gasteiger partial charge in [-0.25, -0.2) is 0 Å². The lowest BCUT2D eigenvalue weighted by atomic mass is 10.1. The molecule has 1 amide bonds. The van der Waals surface area contributed by atoms with E-state index in [0.717, 1.165) is 5.56 Å². The van der Waals surface area contributed by atoms with Crippen molar-refractivity contribution in [2.75, 3.05) is 7.11 Å². The van der Waals surface area contributed by atoms with E-state index < -0.39 is 5.97 Å². The molecule has 1 rings (SSSR count). The Kier molecular flexibility index (Phi) is 5.85. The van der Waals surface area contributed by atoms with Crippen molar-refractivity contribution in [1.29, 1.82) is 0 Å². The van der Waals surface area contributed by atoms with Crippen LogP contribution in [0, 0.1) is 0 Å². The number of carboxylic acids is 1. The van der Waals surface area contributed by atoms with E-state index in [2.05, 4.69) is 5.32 Å². The SMILES string of the molecule is COc1ccccc1CC(=O)NC(C)CCC(=O)O. The number of carbonyl (C=O) groups excluding carboxylic acids is 1. The van der Waals surface area contributed by atoms with Crippen molar-refractivity contribution in [3.63, 3.8) is 0 Å². The number of hydrogen-bond acceptors (Lipinski definition) is 3. The van der Waals surface area contributed by atoms with Gasteiger partial charge in [-0.2, -0.15) is 0 Å². The van der Waals surface area contributed by atoms with E-state index in [1.54, 1.807) is 20.1 Å². The Morgan fingerprint density at radius 1 is 1.37 bits per heavy atom. The maximum Gasteiger partial charge on any atom is 0.303 e. The molecule has 5 heteroatoms. The molecule has 104 valence electrons. The van der Waals surface area contributed by atoms with Gasteiger partial charge in [0.25, 0.3) is 0 Å². The fourth-order valence-electron chi connectivity index (χ4n) is 1.76. The summed E-state index contributed by atoms with van der Waals surface area (Å²) in [5.41, 5.74) is 0.813. The molecule has 0 radical (unpaired) electrons. The lowest BCUT2D eigenvalue weighted by Crippen LogP contribution is -2.34. The molecule has 2 N–H and O–H groups in total. The van der Waals surface area contributed by atoms with Gasteiger partial charge < -0.3 is 15.2 Å². The number of carbonyl (C=O) groups is 2. The van der Waals surface area contributed by atoms with Crippen LogP contribution < -0.4 is 10.1 Å². The summed E-state index contributed by atoms with van der Waals surface area (Å²) in [6.07, 6.45) is 0.699. The van der Waals surface area contributed by atoms with Gasteiger partial charge in [0, 0.05) is 18.0 Å². The van der Waals surface area contributed by atoms with E-state index in [0.29, 0.717) is 12.2 Å². The third-order valence-electron chi connectivity index (χ3n) is 2.74. The van der Waals surface area contributed by atoms with Crippen molar-refractivity contribution in [2.45, 2.75) is 32.2 Å². The number of benzene rings is 1. The summed E-state index contributed by atoms with van der Waals surface area (Å²) in [6.45, 7) is 1.79. The van der Waals surface area contributed by atoms with Gasteiger partial charge in [0.05, 0.1) is 13.5 Å². The first kappa shape index (κ1) is 15.0. The molecule has 19 heavy (non-hydrogen) atoms. The summed E-state index contributed by atoms with van der Waals surface area (Å²) >= 11 is 0. The second-order valence-corrected chi connectivity index (χ2v) is 4.39. The fourth-order valence-corrected chi connectivity index (χ4v) is 1.76. The topological polar surface area (TPSA) is 75.6 Å². The first-order chi connectivity index (χ1) is 9.02. The minimum Gasteiger partial charge on any atom is -0.496 e. The number of aliphatic carboxylic acids is 1. The smallest absolute Gasteiger partial charge is 0.303 e. The lowest BCUT2D eigenvalue weighted by molar-refractivity contribution is -0.137. The molecule has 1 aromatic carbocycles. The van der Waals surface area contributed by atoms with Crippen LogP contribution in [0.15, 0.2) is 24.3 Å². The van der Waals surface area contributed by atoms with Crippen LogP contribution in [0.5, 0.6) is 5.75 Å². The number of para-hydroxylation sites is 1. The van der Waals surface area contributed by atoms with Crippen LogP contribution in [0.1, 0.15) is 25.3 Å². The molecule has 0 aliphatic rings. The number of nitrogens with one attached hydrogen (secondary N) is 1. The van der Waals surface area contributed by atoms with Crippen molar-refractivity contribution >= 4 is 11.9 Å². The highest BCUT2D eigenvalue weighted by Crippen LogP contribution is 2.17. The van der Waals surface area contributed by atoms with E-state index in [-0.39, 0.29) is 24.8 Å². The van der Waals surface area contributed by atoms with Gasteiger partial charge in [-0.3, -0.25) is 9.59 Å². The number of carboxylic acid groups (broad SMARTS) is 1. The van der Waals surface area contributed by atoms with E-state index in [9.17, 15) is 9.59 Å². The molecule has 0 heterocycles. The van der Waals surface area contributed by atoms with Crippen LogP contribution in [-0.4, -0.2) is 30.1 Å². The summed E-state index contributed by atoms with van der Waals surface area (Å²) in [6, 6.07) is 7.17. The zero-order valence-electron chi connectivity index (χ0n) is 11.2. The second kappa shape index (κ2) is 7.41. The largest absolute Gasteiger partial charge is 0.496 e. The van der Waals surface area contributed by atoms with Crippen LogP contribution in [0.25, 0.3) is 0 Å². The monoisotopic (exact) mass is 265 g/mol. The van der Waals surface area contributed by atoms with Crippen LogP contribution in [0.4, 0.5) is 0 Å². The summed E-state index contributed by atoms with van der Waals surface area (Å²) in [5.74, 6) is -0.316. The number of rotatable bonds is 7. The normalized spacial score (nSPS) is 11.7. The standard InChI is InChI=1S/C14H19NO4/c1-10(7-8-14(17)18)15-13(16)9-11-5-3-4-6-12(11)19-2/h3-6,10H,7-9H2,1-2H3,(H,15,16)(H,17,18). The molecular formula is C14H19NO4. The van der Waals surface area contributed by atoms with E-state index in [4.69, 9.17) is 9.84 Å². The highest BCUT2D eigenvalue weighted by molar-refractivity contribution is 5.79. The van der Waals surface area contributed by atoms with Gasteiger partial charge in [-0.15, -0.1) is 0 Å². The van der Waals surface area contributed by atoms with Crippen LogP contribution in [0.3, 0.4) is 0 Å². The summed E-state index contributed by atoms with van der Waals surface area (Å²) in [7, 11) is 1.56. The molecule has 5 nitrogen and oxygen atoms in total. The van der Waals surface area contributed by atoms with Crippen molar-refractivity contribution in [3.05, 3.63) is 29.8 Å². The van der Waals surface area contributed by atoms with Crippen molar-refractivity contribution < 1.29 is 19.4 Å². The quantitative estimate of drug-likeness (QED) is 0.785. The maximum absolute atomic E-state index is 11.8. The molecule has 1 aromatic rings. The average molecular weight is 265 g/mol. The minimum absolute atomic E-state index is 0.0517. The van der Waals surface area contributed by atoms with E-state index in [1.807, 2.05) is 18.2 Å². The van der Waals surface area contributed by atoms with Crippen molar-refractivity contribution in [3.8, 4) is 5.75 Å². The van der Waals surface area contributed by atoms with Gasteiger partial charge in [0.1, 0.15) is 5.75 Å². The fraction of sp³-hybridized carbons (Fsp3) is 0.429. The highest BCUT2D eigenvalue weighted by Gasteiger charge is 2.11. The van der Waals surface area contributed by atoms with E-state index >= 15 is 0 Å². The molecule has 0 saturated heterocycles. The summed E-state index contributed by atoms with van der Waals surface area (Å²) in [4.78, 5) is 22.3. The molecule has 0 fully saturated rings. The molecule has 0 aliphatic heterocycles. The zero-order chi connectivity index (χ0) is 14.3. The van der Waals surface area contributed by atoms with Gasteiger partial charge >= 0.3 is 5.97 Å². The number of methoxy groups -OCH3 is 1. The van der Waals surface area contributed by atoms with E-state index in [1.165, 1.54) is 0 Å². The van der Waals surface area contributed by atoms with Crippen LogP contribution >= 0.6 is 0 Å². The molecular weight excluding hydrogens is 246 g/mol. The molecule has 1 unspecified atom stereocenters. The third kappa shape index (κ3) is 5.42. The molecule has 0 bridgehead atoms. The maximum atomic E-state index is 11.8. The average Bonchev–Trinajstić information content (AvgIpc) is 2.37. The Labute approximate surface area is 112 Å². The van der Waals surface area contributed by atoms with Crippen molar-refractivity contribution in [2.24, 2.45) is 0 Å². The summed E-state index contributed by atoms with van der Waals surface area (Å²) in [5, 5.41) is 11.3. The Balaban J connectivity index is 2.48. The Bertz CT molecular complexity index is 445. The number of ether oxygens (including phenoxy) is 1. The van der Waals surface area contributed by atoms with Gasteiger partial charge in [0.15, 0.2) is 0 Å². The predicted octanol–water partition coefficient (Wildman–Crippen LogP) is 1.61. The second-order valence-electron chi connectivity index (χ2n) is 4.39. The van der Waals surface area contributed by atoms with Gasteiger partial charge in [-0.05, 0) is 19.4 Å². The van der Waals surface area contributed by atoms with Crippen LogP contribution in [0.2, 0.25) is 0 Å². The minimum atomic E-state index is -0.856. The summed E-state index contributed by atoms with van der Waals surface area (Å²) < 4.78 is 5.17. The Hall–Kier alpha value is -2.04. The lowest BCUT2D eigenvalue weighted by Gasteiger charge is -2.13. The number of hydrogen-bond donors (Lipinski definition) is 2. The Morgan fingerprint density at radius 2 is 2.05 bits per heavy atom. The zero-order valence-corrected chi connectivity index (χ0v) is 11.2. The molecule has 0 saturated carbocycles.